The highest BCUT2D eigenvalue weighted by molar-refractivity contribution is 5.66. The lowest BCUT2D eigenvalue weighted by molar-refractivity contribution is -0.387. The lowest BCUT2D eigenvalue weighted by Gasteiger charge is -2.49. The van der Waals surface area contributed by atoms with Crippen molar-refractivity contribution in [3.8, 4) is 0 Å². The van der Waals surface area contributed by atoms with E-state index in [9.17, 15) is 9.90 Å². The fourth-order valence-electron chi connectivity index (χ4n) is 6.85. The maximum atomic E-state index is 12.6. The summed E-state index contributed by atoms with van der Waals surface area (Å²) in [6, 6.07) is 39.0. The number of carbonyl (C=O) groups excluding carboxylic acids is 1. The van der Waals surface area contributed by atoms with Crippen LogP contribution in [0, 0.1) is 0 Å². The van der Waals surface area contributed by atoms with E-state index in [0.29, 0.717) is 19.6 Å². The van der Waals surface area contributed by atoms with Crippen LogP contribution in [0.4, 0.5) is 0 Å². The maximum absolute atomic E-state index is 12.6. The summed E-state index contributed by atoms with van der Waals surface area (Å²) in [6.45, 7) is 2.61. The molecule has 11 nitrogen and oxygen atoms in total. The molecule has 3 aliphatic rings. The van der Waals surface area contributed by atoms with Crippen LogP contribution < -0.4 is 0 Å². The van der Waals surface area contributed by atoms with Crippen molar-refractivity contribution in [2.45, 2.75) is 94.8 Å². The lowest BCUT2D eigenvalue weighted by Crippen LogP contribution is -2.65. The monoisotopic (exact) mass is 726 g/mol. The molecule has 280 valence electrons. The van der Waals surface area contributed by atoms with Gasteiger partial charge in [-0.1, -0.05) is 121 Å². The minimum Gasteiger partial charge on any atom is -0.457 e. The zero-order valence-electron chi connectivity index (χ0n) is 29.6. The number of fused-ring (bicyclic) bond motifs is 1. The van der Waals surface area contributed by atoms with Crippen molar-refractivity contribution in [1.29, 1.82) is 0 Å². The molecule has 3 fully saturated rings. The van der Waals surface area contributed by atoms with Crippen molar-refractivity contribution in [1.82, 2.24) is 0 Å². The van der Waals surface area contributed by atoms with Crippen LogP contribution >= 0.6 is 0 Å². The fraction of sp³-hybridized carbons (Fsp3) is 0.405. The molecule has 0 bridgehead atoms. The first-order valence-electron chi connectivity index (χ1n) is 18.1. The third kappa shape index (κ3) is 9.95. The van der Waals surface area contributed by atoms with Gasteiger partial charge < -0.3 is 47.7 Å². The van der Waals surface area contributed by atoms with Gasteiger partial charge in [-0.25, -0.2) is 0 Å². The standard InChI is InChI=1S/C42H46O11/c1-28(43)49-38-36-35(27-48-41(52-36)32-20-12-5-13-21-32)51-40(44)39(38)53-42-37(47-25-31-18-10-4-11-19-31)34(46-24-30-16-8-3-9-17-30)22-33(50-42)26-45-23-29-14-6-2-7-15-29/h2-21,33-42,44H,22-27H2,1H3/t33-,34-,35+,36+,37+,38-,39+,40-,41?,42+/m0/s1. The Labute approximate surface area is 309 Å². The molecular formula is C42H46O11. The van der Waals surface area contributed by atoms with Crippen molar-refractivity contribution >= 4 is 5.97 Å². The summed E-state index contributed by atoms with van der Waals surface area (Å²) >= 11 is 0. The summed E-state index contributed by atoms with van der Waals surface area (Å²) in [5.74, 6) is -0.569. The number of esters is 1. The molecule has 11 heteroatoms. The molecule has 1 N–H and O–H groups in total. The number of aliphatic hydroxyl groups excluding tert-OH is 1. The Balaban J connectivity index is 1.15. The number of benzene rings is 4. The smallest absolute Gasteiger partial charge is 0.303 e. The van der Waals surface area contributed by atoms with Crippen LogP contribution in [0.5, 0.6) is 0 Å². The molecule has 0 saturated carbocycles. The largest absolute Gasteiger partial charge is 0.457 e. The number of ether oxygens (including phenoxy) is 9. The van der Waals surface area contributed by atoms with Gasteiger partial charge in [0.25, 0.3) is 0 Å². The Morgan fingerprint density at radius 2 is 1.28 bits per heavy atom. The maximum Gasteiger partial charge on any atom is 0.303 e. The Hall–Kier alpha value is -4.01. The summed E-state index contributed by atoms with van der Waals surface area (Å²) in [6.07, 6.45) is -8.50. The van der Waals surface area contributed by atoms with Gasteiger partial charge in [-0.15, -0.1) is 0 Å². The Kier molecular flexibility index (Phi) is 12.9. The Morgan fingerprint density at radius 3 is 1.91 bits per heavy atom. The van der Waals surface area contributed by atoms with E-state index in [0.717, 1.165) is 22.3 Å². The van der Waals surface area contributed by atoms with E-state index < -0.39 is 67.6 Å². The van der Waals surface area contributed by atoms with Crippen LogP contribution in [-0.2, 0) is 67.2 Å². The second-order valence-electron chi connectivity index (χ2n) is 13.4. The second kappa shape index (κ2) is 18.4. The summed E-state index contributed by atoms with van der Waals surface area (Å²) in [5.41, 5.74) is 3.77. The topological polar surface area (TPSA) is 120 Å². The number of carbonyl (C=O) groups is 1. The molecule has 0 aliphatic carbocycles. The predicted molar refractivity (Wildman–Crippen MR) is 191 cm³/mol. The first-order valence-corrected chi connectivity index (χ1v) is 18.1. The van der Waals surface area contributed by atoms with Crippen LogP contribution in [0.1, 0.15) is 41.9 Å². The summed E-state index contributed by atoms with van der Waals surface area (Å²) in [4.78, 5) is 12.6. The highest BCUT2D eigenvalue weighted by Crippen LogP contribution is 2.38. The van der Waals surface area contributed by atoms with E-state index in [1.54, 1.807) is 0 Å². The average molecular weight is 727 g/mol. The van der Waals surface area contributed by atoms with Crippen LogP contribution in [0.3, 0.4) is 0 Å². The molecule has 1 unspecified atom stereocenters. The zero-order chi connectivity index (χ0) is 36.4. The molecule has 10 atom stereocenters. The molecule has 0 spiro atoms. The van der Waals surface area contributed by atoms with E-state index in [4.69, 9.17) is 42.6 Å². The molecule has 3 heterocycles. The highest BCUT2D eigenvalue weighted by Gasteiger charge is 2.54. The van der Waals surface area contributed by atoms with E-state index >= 15 is 0 Å². The van der Waals surface area contributed by atoms with Crippen molar-refractivity contribution in [2.24, 2.45) is 0 Å². The molecule has 3 aliphatic heterocycles. The summed E-state index contributed by atoms with van der Waals surface area (Å²) < 4.78 is 56.8. The van der Waals surface area contributed by atoms with Crippen molar-refractivity contribution < 1.29 is 52.5 Å². The predicted octanol–water partition coefficient (Wildman–Crippen LogP) is 5.64. The van der Waals surface area contributed by atoms with Gasteiger partial charge in [-0.05, 0) is 16.7 Å². The van der Waals surface area contributed by atoms with Gasteiger partial charge in [0.15, 0.2) is 31.1 Å². The molecule has 3 saturated heterocycles. The molecule has 4 aromatic carbocycles. The molecule has 53 heavy (non-hydrogen) atoms. The van der Waals surface area contributed by atoms with Crippen LogP contribution in [-0.4, -0.2) is 79.6 Å². The molecule has 0 radical (unpaired) electrons. The van der Waals surface area contributed by atoms with E-state index in [2.05, 4.69) is 0 Å². The third-order valence-corrected chi connectivity index (χ3v) is 9.43. The van der Waals surface area contributed by atoms with E-state index in [1.165, 1.54) is 6.92 Å². The highest BCUT2D eigenvalue weighted by atomic mass is 16.8. The number of rotatable bonds is 14. The van der Waals surface area contributed by atoms with E-state index in [1.807, 2.05) is 121 Å². The Morgan fingerprint density at radius 1 is 0.698 bits per heavy atom. The fourth-order valence-corrected chi connectivity index (χ4v) is 6.85. The first-order chi connectivity index (χ1) is 26.0. The molecular weight excluding hydrogens is 680 g/mol. The lowest BCUT2D eigenvalue weighted by atomic mass is 9.96. The number of aliphatic hydroxyl groups is 1. The number of hydrogen-bond acceptors (Lipinski definition) is 11. The molecule has 0 amide bonds. The molecule has 7 rings (SSSR count). The SMILES string of the molecule is CC(=O)O[C@@H]1[C@@H](O[C@H]2O[C@H](COCc3ccccc3)C[C@H](OCc3ccccc3)[C@H]2OCc2ccccc2)[C@@H](O)O[C@@H]2COC(c3ccccc3)O[C@@H]12. The van der Waals surface area contributed by atoms with Gasteiger partial charge in [-0.2, -0.15) is 0 Å². The summed E-state index contributed by atoms with van der Waals surface area (Å²) in [5, 5.41) is 11.4. The van der Waals surface area contributed by atoms with E-state index in [-0.39, 0.29) is 19.8 Å². The van der Waals surface area contributed by atoms with Crippen LogP contribution in [0.25, 0.3) is 0 Å². The second-order valence-corrected chi connectivity index (χ2v) is 13.4. The summed E-state index contributed by atoms with van der Waals surface area (Å²) in [7, 11) is 0. The molecule has 4 aromatic rings. The van der Waals surface area contributed by atoms with Crippen molar-refractivity contribution in [2.75, 3.05) is 13.2 Å². The minimum absolute atomic E-state index is 0.102. The van der Waals surface area contributed by atoms with Gasteiger partial charge in [-0.3, -0.25) is 4.79 Å². The van der Waals surface area contributed by atoms with Gasteiger partial charge >= 0.3 is 5.97 Å². The van der Waals surface area contributed by atoms with Crippen molar-refractivity contribution in [3.05, 3.63) is 144 Å². The quantitative estimate of drug-likeness (QED) is 0.163. The van der Waals surface area contributed by atoms with Crippen LogP contribution in [0.2, 0.25) is 0 Å². The van der Waals surface area contributed by atoms with Gasteiger partial charge in [0, 0.05) is 18.9 Å². The number of hydrogen-bond donors (Lipinski definition) is 1. The minimum atomic E-state index is -1.52. The third-order valence-electron chi connectivity index (χ3n) is 9.43. The van der Waals surface area contributed by atoms with Crippen LogP contribution in [0.15, 0.2) is 121 Å². The average Bonchev–Trinajstić information content (AvgIpc) is 3.19. The van der Waals surface area contributed by atoms with Crippen molar-refractivity contribution in [3.63, 3.8) is 0 Å². The first kappa shape index (κ1) is 37.3. The van der Waals surface area contributed by atoms with Gasteiger partial charge in [0.2, 0.25) is 0 Å². The van der Waals surface area contributed by atoms with Gasteiger partial charge in [0.1, 0.15) is 18.3 Å². The Bertz CT molecular complexity index is 1680. The normalized spacial score (nSPS) is 29.9. The molecule has 0 aromatic heterocycles. The zero-order valence-corrected chi connectivity index (χ0v) is 29.6. The van der Waals surface area contributed by atoms with Gasteiger partial charge in [0.05, 0.1) is 45.2 Å².